The smallest absolute Gasteiger partial charge is 0.438 e. The van der Waals surface area contributed by atoms with E-state index in [0.29, 0.717) is 18.9 Å². The predicted molar refractivity (Wildman–Crippen MR) is 33.7 cm³/mol. The highest BCUT2D eigenvalue weighted by atomic mass is 35.5. The quantitative estimate of drug-likeness (QED) is 0.348. The van der Waals surface area contributed by atoms with E-state index in [1.165, 1.54) is 7.11 Å². The Bertz CT molecular complexity index is 84.3. The van der Waals surface area contributed by atoms with E-state index >= 15 is 0 Å². The number of carbonyl (C=O) groups excluding carboxylic acids is 1. The maximum Gasteiger partial charge on any atom is 0.507 e. The SMILES string of the molecule is COC(=O)OCCCCl. The molecule has 0 aromatic rings. The Balaban J connectivity index is 2.97. The van der Waals surface area contributed by atoms with Crippen LogP contribution in [0.15, 0.2) is 0 Å². The van der Waals surface area contributed by atoms with Gasteiger partial charge in [-0.2, -0.15) is 0 Å². The van der Waals surface area contributed by atoms with Gasteiger partial charge < -0.3 is 9.47 Å². The Kier molecular flexibility index (Phi) is 5.41. The van der Waals surface area contributed by atoms with Crippen LogP contribution in [-0.4, -0.2) is 25.8 Å². The highest BCUT2D eigenvalue weighted by molar-refractivity contribution is 6.17. The number of rotatable bonds is 3. The molecular formula is C5H9ClO3. The number of alkyl halides is 1. The van der Waals surface area contributed by atoms with Gasteiger partial charge in [0.05, 0.1) is 13.7 Å². The van der Waals surface area contributed by atoms with E-state index in [0.717, 1.165) is 0 Å². The summed E-state index contributed by atoms with van der Waals surface area (Å²) in [7, 11) is 1.27. The van der Waals surface area contributed by atoms with Crippen LogP contribution in [0.2, 0.25) is 0 Å². The van der Waals surface area contributed by atoms with Gasteiger partial charge in [-0.05, 0) is 6.42 Å². The summed E-state index contributed by atoms with van der Waals surface area (Å²) in [5, 5.41) is 0. The highest BCUT2D eigenvalue weighted by Gasteiger charge is 1.96. The van der Waals surface area contributed by atoms with E-state index in [1.807, 2.05) is 0 Å². The first-order chi connectivity index (χ1) is 4.31. The standard InChI is InChI=1S/C5H9ClO3/c1-8-5(7)9-4-2-3-6/h2-4H2,1H3. The van der Waals surface area contributed by atoms with Gasteiger partial charge in [0.2, 0.25) is 0 Å². The lowest BCUT2D eigenvalue weighted by Crippen LogP contribution is -2.05. The number of ether oxygens (including phenoxy) is 2. The molecule has 0 bridgehead atoms. The predicted octanol–water partition coefficient (Wildman–Crippen LogP) is 1.40. The van der Waals surface area contributed by atoms with Crippen LogP contribution >= 0.6 is 11.6 Å². The van der Waals surface area contributed by atoms with Gasteiger partial charge in [0, 0.05) is 5.88 Å². The Morgan fingerprint density at radius 3 is 2.78 bits per heavy atom. The minimum Gasteiger partial charge on any atom is -0.438 e. The van der Waals surface area contributed by atoms with Crippen LogP contribution in [0.3, 0.4) is 0 Å². The molecule has 0 aromatic heterocycles. The topological polar surface area (TPSA) is 35.5 Å². The minimum atomic E-state index is -0.653. The summed E-state index contributed by atoms with van der Waals surface area (Å²) in [5.41, 5.74) is 0. The van der Waals surface area contributed by atoms with Crippen LogP contribution < -0.4 is 0 Å². The van der Waals surface area contributed by atoms with Crippen LogP contribution in [0.1, 0.15) is 6.42 Å². The second-order valence-corrected chi connectivity index (χ2v) is 1.72. The fourth-order valence-electron chi connectivity index (χ4n) is 0.269. The van der Waals surface area contributed by atoms with Crippen LogP contribution in [0.5, 0.6) is 0 Å². The number of hydrogen-bond acceptors (Lipinski definition) is 3. The summed E-state index contributed by atoms with van der Waals surface area (Å²) in [6.07, 6.45) is 0.0107. The summed E-state index contributed by atoms with van der Waals surface area (Å²) < 4.78 is 8.68. The first-order valence-electron chi connectivity index (χ1n) is 2.58. The molecule has 0 N–H and O–H groups in total. The Hall–Kier alpha value is -0.440. The zero-order valence-corrected chi connectivity index (χ0v) is 5.98. The Morgan fingerprint density at radius 1 is 1.67 bits per heavy atom. The van der Waals surface area contributed by atoms with Gasteiger partial charge in [-0.15, -0.1) is 11.6 Å². The molecule has 0 aliphatic heterocycles. The van der Waals surface area contributed by atoms with Gasteiger partial charge in [0.1, 0.15) is 0 Å². The van der Waals surface area contributed by atoms with E-state index in [2.05, 4.69) is 9.47 Å². The molecule has 0 radical (unpaired) electrons. The fraction of sp³-hybridized carbons (Fsp3) is 0.800. The van der Waals surface area contributed by atoms with Gasteiger partial charge in [-0.1, -0.05) is 0 Å². The third kappa shape index (κ3) is 5.43. The molecule has 54 valence electrons. The third-order valence-electron chi connectivity index (χ3n) is 0.665. The van der Waals surface area contributed by atoms with E-state index in [1.54, 1.807) is 0 Å². The van der Waals surface area contributed by atoms with Gasteiger partial charge in [0.15, 0.2) is 0 Å². The van der Waals surface area contributed by atoms with Crippen LogP contribution in [-0.2, 0) is 9.47 Å². The van der Waals surface area contributed by atoms with E-state index in [4.69, 9.17) is 11.6 Å². The molecule has 4 heteroatoms. The van der Waals surface area contributed by atoms with E-state index in [-0.39, 0.29) is 0 Å². The molecule has 9 heavy (non-hydrogen) atoms. The molecule has 0 rings (SSSR count). The van der Waals surface area contributed by atoms with Gasteiger partial charge in [-0.3, -0.25) is 0 Å². The molecule has 0 atom stereocenters. The minimum absolute atomic E-state index is 0.330. The highest BCUT2D eigenvalue weighted by Crippen LogP contribution is 1.87. The molecule has 0 unspecified atom stereocenters. The Labute approximate surface area is 58.9 Å². The molecule has 0 amide bonds. The number of carbonyl (C=O) groups is 1. The third-order valence-corrected chi connectivity index (χ3v) is 0.932. The Morgan fingerprint density at radius 2 is 2.33 bits per heavy atom. The van der Waals surface area contributed by atoms with E-state index < -0.39 is 6.16 Å². The molecule has 0 saturated carbocycles. The molecule has 0 aliphatic rings. The zero-order valence-electron chi connectivity index (χ0n) is 5.22. The molecule has 0 aromatic carbocycles. The summed E-state index contributed by atoms with van der Waals surface area (Å²) in [5.74, 6) is 0.497. The van der Waals surface area contributed by atoms with Crippen molar-refractivity contribution in [3.8, 4) is 0 Å². The van der Waals surface area contributed by atoms with Crippen molar-refractivity contribution >= 4 is 17.8 Å². The van der Waals surface area contributed by atoms with Gasteiger partial charge in [-0.25, -0.2) is 4.79 Å². The van der Waals surface area contributed by atoms with E-state index in [9.17, 15) is 4.79 Å². The number of hydrogen-bond donors (Lipinski definition) is 0. The van der Waals surface area contributed by atoms with Crippen molar-refractivity contribution < 1.29 is 14.3 Å². The first-order valence-corrected chi connectivity index (χ1v) is 3.11. The van der Waals surface area contributed by atoms with Crippen molar-refractivity contribution in [2.45, 2.75) is 6.42 Å². The average Bonchev–Trinajstić information content (AvgIpc) is 1.89. The fourth-order valence-corrected chi connectivity index (χ4v) is 0.378. The van der Waals surface area contributed by atoms with Crippen molar-refractivity contribution in [3.05, 3.63) is 0 Å². The second kappa shape index (κ2) is 5.69. The van der Waals surface area contributed by atoms with Gasteiger partial charge in [0.25, 0.3) is 0 Å². The second-order valence-electron chi connectivity index (χ2n) is 1.35. The summed E-state index contributed by atoms with van der Waals surface area (Å²) in [6.45, 7) is 0.330. The monoisotopic (exact) mass is 152 g/mol. The van der Waals surface area contributed by atoms with Crippen molar-refractivity contribution in [2.24, 2.45) is 0 Å². The molecule has 0 spiro atoms. The van der Waals surface area contributed by atoms with Crippen molar-refractivity contribution in [2.75, 3.05) is 19.6 Å². The van der Waals surface area contributed by atoms with Crippen LogP contribution in [0.4, 0.5) is 4.79 Å². The lowest BCUT2D eigenvalue weighted by Gasteiger charge is -1.98. The van der Waals surface area contributed by atoms with Crippen molar-refractivity contribution in [1.82, 2.24) is 0 Å². The largest absolute Gasteiger partial charge is 0.507 e. The van der Waals surface area contributed by atoms with Crippen molar-refractivity contribution in [1.29, 1.82) is 0 Å². The van der Waals surface area contributed by atoms with Gasteiger partial charge >= 0.3 is 6.16 Å². The first kappa shape index (κ1) is 8.56. The van der Waals surface area contributed by atoms with Crippen LogP contribution in [0.25, 0.3) is 0 Å². The zero-order chi connectivity index (χ0) is 7.11. The maximum atomic E-state index is 10.2. The number of halogens is 1. The molecule has 0 saturated heterocycles. The summed E-state index contributed by atoms with van der Waals surface area (Å²) in [6, 6.07) is 0. The molecule has 0 fully saturated rings. The molecule has 3 nitrogen and oxygen atoms in total. The van der Waals surface area contributed by atoms with Crippen LogP contribution in [0, 0.1) is 0 Å². The molecule has 0 aliphatic carbocycles. The summed E-state index contributed by atoms with van der Waals surface area (Å²) >= 11 is 5.30. The number of methoxy groups -OCH3 is 1. The maximum absolute atomic E-state index is 10.2. The average molecular weight is 153 g/mol. The lowest BCUT2D eigenvalue weighted by atomic mass is 10.5. The molecule has 0 heterocycles. The lowest BCUT2D eigenvalue weighted by molar-refractivity contribution is 0.0730. The molecular weight excluding hydrogens is 144 g/mol. The van der Waals surface area contributed by atoms with Crippen molar-refractivity contribution in [3.63, 3.8) is 0 Å². The normalized spacial score (nSPS) is 8.67. The summed E-state index contributed by atoms with van der Waals surface area (Å²) in [4.78, 5) is 10.2.